The second-order valence-corrected chi connectivity index (χ2v) is 5.60. The minimum Gasteiger partial charge on any atom is -0.468 e. The van der Waals surface area contributed by atoms with Crippen LogP contribution in [-0.2, 0) is 4.74 Å². The van der Waals surface area contributed by atoms with Gasteiger partial charge in [-0.25, -0.2) is 0 Å². The molecule has 0 aliphatic carbocycles. The standard InChI is InChI=1S/C15H24N2O2/c1-2-8-17(7-1)14(15-6-4-10-19-15)11-16-13-5-3-9-18-12-13/h4,6,10,13-14,16H,1-3,5,7-9,11-12H2. The number of hydrogen-bond acceptors (Lipinski definition) is 4. The van der Waals surface area contributed by atoms with Crippen LogP contribution in [0.2, 0.25) is 0 Å². The number of ether oxygens (including phenoxy) is 1. The van der Waals surface area contributed by atoms with Gasteiger partial charge in [0.25, 0.3) is 0 Å². The largest absolute Gasteiger partial charge is 0.468 e. The SMILES string of the molecule is c1coc(C(CNC2CCCOC2)N2CCCC2)c1. The fraction of sp³-hybridized carbons (Fsp3) is 0.733. The first-order valence-electron chi connectivity index (χ1n) is 7.52. The molecule has 1 N–H and O–H groups in total. The van der Waals surface area contributed by atoms with Crippen molar-refractivity contribution in [2.45, 2.75) is 37.8 Å². The number of nitrogens with one attached hydrogen (secondary N) is 1. The highest BCUT2D eigenvalue weighted by Gasteiger charge is 2.26. The molecule has 4 heteroatoms. The van der Waals surface area contributed by atoms with Crippen molar-refractivity contribution in [1.82, 2.24) is 10.2 Å². The summed E-state index contributed by atoms with van der Waals surface area (Å²) in [5.74, 6) is 1.09. The average molecular weight is 264 g/mol. The Hall–Kier alpha value is -0.840. The maximum atomic E-state index is 5.64. The van der Waals surface area contributed by atoms with E-state index in [2.05, 4.69) is 16.3 Å². The van der Waals surface area contributed by atoms with Gasteiger partial charge in [0.2, 0.25) is 0 Å². The summed E-state index contributed by atoms with van der Waals surface area (Å²) in [6.07, 6.45) is 6.80. The third kappa shape index (κ3) is 3.38. The first-order valence-corrected chi connectivity index (χ1v) is 7.52. The molecule has 2 aliphatic rings. The molecule has 0 spiro atoms. The average Bonchev–Trinajstić information content (AvgIpc) is 3.13. The van der Waals surface area contributed by atoms with Crippen molar-refractivity contribution in [2.75, 3.05) is 32.8 Å². The van der Waals surface area contributed by atoms with E-state index in [0.29, 0.717) is 12.1 Å². The molecule has 2 saturated heterocycles. The van der Waals surface area contributed by atoms with Gasteiger partial charge >= 0.3 is 0 Å². The fourth-order valence-corrected chi connectivity index (χ4v) is 3.12. The second kappa shape index (κ2) is 6.55. The Bertz CT molecular complexity index is 354. The zero-order valence-electron chi connectivity index (χ0n) is 11.5. The summed E-state index contributed by atoms with van der Waals surface area (Å²) in [6, 6.07) is 4.97. The third-order valence-electron chi connectivity index (χ3n) is 4.21. The van der Waals surface area contributed by atoms with Gasteiger partial charge in [-0.3, -0.25) is 4.90 Å². The molecule has 1 aromatic heterocycles. The van der Waals surface area contributed by atoms with Gasteiger partial charge in [-0.05, 0) is 50.9 Å². The highest BCUT2D eigenvalue weighted by atomic mass is 16.5. The quantitative estimate of drug-likeness (QED) is 0.884. The number of nitrogens with zero attached hydrogens (tertiary/aromatic N) is 1. The van der Waals surface area contributed by atoms with E-state index in [1.165, 1.54) is 38.8 Å². The van der Waals surface area contributed by atoms with E-state index >= 15 is 0 Å². The molecule has 19 heavy (non-hydrogen) atoms. The van der Waals surface area contributed by atoms with Crippen molar-refractivity contribution in [1.29, 1.82) is 0 Å². The van der Waals surface area contributed by atoms with Gasteiger partial charge in [0, 0.05) is 19.2 Å². The molecule has 2 fully saturated rings. The van der Waals surface area contributed by atoms with Gasteiger partial charge in [-0.1, -0.05) is 0 Å². The lowest BCUT2D eigenvalue weighted by Gasteiger charge is -2.29. The summed E-state index contributed by atoms with van der Waals surface area (Å²) >= 11 is 0. The van der Waals surface area contributed by atoms with E-state index in [0.717, 1.165) is 25.5 Å². The predicted molar refractivity (Wildman–Crippen MR) is 74.1 cm³/mol. The molecule has 0 saturated carbocycles. The van der Waals surface area contributed by atoms with Crippen LogP contribution in [0, 0.1) is 0 Å². The van der Waals surface area contributed by atoms with E-state index in [9.17, 15) is 0 Å². The molecule has 2 aliphatic heterocycles. The summed E-state index contributed by atoms with van der Waals surface area (Å²) in [5, 5.41) is 3.66. The summed E-state index contributed by atoms with van der Waals surface area (Å²) < 4.78 is 11.2. The Morgan fingerprint density at radius 2 is 2.21 bits per heavy atom. The molecule has 0 bridgehead atoms. The predicted octanol–water partition coefficient (Wildman–Crippen LogP) is 2.19. The molecule has 2 atom stereocenters. The molecule has 2 unspecified atom stereocenters. The van der Waals surface area contributed by atoms with Gasteiger partial charge in [-0.2, -0.15) is 0 Å². The molecule has 3 heterocycles. The smallest absolute Gasteiger partial charge is 0.122 e. The lowest BCUT2D eigenvalue weighted by atomic mass is 10.1. The Kier molecular flexibility index (Phi) is 4.53. The summed E-state index contributed by atoms with van der Waals surface area (Å²) in [4.78, 5) is 2.54. The summed E-state index contributed by atoms with van der Waals surface area (Å²) in [6.45, 7) is 5.11. The minimum atomic E-state index is 0.374. The van der Waals surface area contributed by atoms with Crippen molar-refractivity contribution in [3.05, 3.63) is 24.2 Å². The Morgan fingerprint density at radius 3 is 2.89 bits per heavy atom. The van der Waals surface area contributed by atoms with Crippen LogP contribution in [0.5, 0.6) is 0 Å². The van der Waals surface area contributed by atoms with Gasteiger partial charge in [0.1, 0.15) is 5.76 Å². The Balaban J connectivity index is 1.58. The van der Waals surface area contributed by atoms with E-state index in [4.69, 9.17) is 9.15 Å². The van der Waals surface area contributed by atoms with Gasteiger partial charge in [0.15, 0.2) is 0 Å². The molecular formula is C15H24N2O2. The maximum absolute atomic E-state index is 5.64. The van der Waals surface area contributed by atoms with Crippen LogP contribution in [0.4, 0.5) is 0 Å². The lowest BCUT2D eigenvalue weighted by Crippen LogP contribution is -2.42. The summed E-state index contributed by atoms with van der Waals surface area (Å²) in [7, 11) is 0. The maximum Gasteiger partial charge on any atom is 0.122 e. The van der Waals surface area contributed by atoms with Gasteiger partial charge in [0.05, 0.1) is 18.9 Å². The highest BCUT2D eigenvalue weighted by molar-refractivity contribution is 5.06. The van der Waals surface area contributed by atoms with E-state index in [1.54, 1.807) is 6.26 Å². The number of hydrogen-bond donors (Lipinski definition) is 1. The lowest BCUT2D eigenvalue weighted by molar-refractivity contribution is 0.0665. The molecule has 0 amide bonds. The topological polar surface area (TPSA) is 37.6 Å². The van der Waals surface area contributed by atoms with Crippen LogP contribution in [-0.4, -0.2) is 43.8 Å². The van der Waals surface area contributed by atoms with Crippen LogP contribution >= 0.6 is 0 Å². The second-order valence-electron chi connectivity index (χ2n) is 5.60. The van der Waals surface area contributed by atoms with E-state index in [1.807, 2.05) is 6.07 Å². The van der Waals surface area contributed by atoms with Crippen molar-refractivity contribution < 1.29 is 9.15 Å². The molecule has 106 valence electrons. The van der Waals surface area contributed by atoms with Crippen molar-refractivity contribution in [2.24, 2.45) is 0 Å². The molecule has 1 aromatic rings. The first kappa shape index (κ1) is 13.2. The third-order valence-corrected chi connectivity index (χ3v) is 4.21. The van der Waals surface area contributed by atoms with Crippen LogP contribution in [0.25, 0.3) is 0 Å². The van der Waals surface area contributed by atoms with Gasteiger partial charge < -0.3 is 14.5 Å². The molecule has 0 aromatic carbocycles. The summed E-state index contributed by atoms with van der Waals surface area (Å²) in [5.41, 5.74) is 0. The molecule has 3 rings (SSSR count). The minimum absolute atomic E-state index is 0.374. The fourth-order valence-electron chi connectivity index (χ4n) is 3.12. The zero-order chi connectivity index (χ0) is 12.9. The number of rotatable bonds is 5. The number of furan rings is 1. The first-order chi connectivity index (χ1) is 9.43. The molecule has 0 radical (unpaired) electrons. The van der Waals surface area contributed by atoms with Crippen LogP contribution in [0.1, 0.15) is 37.5 Å². The Labute approximate surface area is 115 Å². The monoisotopic (exact) mass is 264 g/mol. The zero-order valence-corrected chi connectivity index (χ0v) is 11.5. The van der Waals surface area contributed by atoms with Crippen LogP contribution in [0.3, 0.4) is 0 Å². The van der Waals surface area contributed by atoms with Crippen LogP contribution in [0.15, 0.2) is 22.8 Å². The number of likely N-dealkylation sites (tertiary alicyclic amines) is 1. The molecule has 4 nitrogen and oxygen atoms in total. The normalized spacial score (nSPS) is 26.6. The van der Waals surface area contributed by atoms with Crippen molar-refractivity contribution >= 4 is 0 Å². The van der Waals surface area contributed by atoms with E-state index < -0.39 is 0 Å². The Morgan fingerprint density at radius 1 is 1.32 bits per heavy atom. The van der Waals surface area contributed by atoms with Crippen molar-refractivity contribution in [3.63, 3.8) is 0 Å². The van der Waals surface area contributed by atoms with Crippen molar-refractivity contribution in [3.8, 4) is 0 Å². The highest BCUT2D eigenvalue weighted by Crippen LogP contribution is 2.25. The molecular weight excluding hydrogens is 240 g/mol. The van der Waals surface area contributed by atoms with Crippen LogP contribution < -0.4 is 5.32 Å². The van der Waals surface area contributed by atoms with Gasteiger partial charge in [-0.15, -0.1) is 0 Å². The van der Waals surface area contributed by atoms with E-state index in [-0.39, 0.29) is 0 Å².